The van der Waals surface area contributed by atoms with Gasteiger partial charge in [0.1, 0.15) is 0 Å². The van der Waals surface area contributed by atoms with Crippen molar-refractivity contribution in [3.63, 3.8) is 0 Å². The van der Waals surface area contributed by atoms with E-state index in [2.05, 4.69) is 26.6 Å². The molecule has 1 rings (SSSR count). The molecule has 0 saturated heterocycles. The summed E-state index contributed by atoms with van der Waals surface area (Å²) in [5, 5.41) is 0. The summed E-state index contributed by atoms with van der Waals surface area (Å²) in [6.45, 7) is 3.07. The second kappa shape index (κ2) is 13.2. The Kier molecular flexibility index (Phi) is 13.3. The Morgan fingerprint density at radius 3 is 2.62 bits per heavy atom. The third-order valence-electron chi connectivity index (χ3n) is 2.20. The molecule has 1 nitrogen and oxygen atoms in total. The van der Waals surface area contributed by atoms with E-state index in [4.69, 9.17) is 4.74 Å². The van der Waals surface area contributed by atoms with Gasteiger partial charge in [0.05, 0.1) is 6.61 Å². The Hall–Kier alpha value is 0.123. The molecule has 1 aromatic rings. The molecule has 0 saturated carbocycles. The standard InChI is InChI=1S/C13H19O.BrH.Zn/c1-2-3-4-5-9-12-14-13-10-7-6-8-11-13;;/h6-7,10-11H,2-5,9,12H2,1H3;1H;/q-1;;+2/p-1. The van der Waals surface area contributed by atoms with Crippen LogP contribution in [-0.2, 0) is 16.3 Å². The summed E-state index contributed by atoms with van der Waals surface area (Å²) in [4.78, 5) is 0. The second-order valence-electron chi connectivity index (χ2n) is 3.50. The minimum atomic E-state index is 0.835. The van der Waals surface area contributed by atoms with Gasteiger partial charge in [-0.05, 0) is 6.42 Å². The van der Waals surface area contributed by atoms with Crippen LogP contribution in [0.2, 0.25) is 0 Å². The van der Waals surface area contributed by atoms with Gasteiger partial charge in [-0.1, -0.05) is 32.6 Å². The molecule has 0 amide bonds. The van der Waals surface area contributed by atoms with Crippen molar-refractivity contribution in [2.45, 2.75) is 39.0 Å². The number of rotatable bonds is 7. The second-order valence-corrected chi connectivity index (χ2v) is 3.50. The fourth-order valence-electron chi connectivity index (χ4n) is 1.36. The van der Waals surface area contributed by atoms with E-state index in [1.54, 1.807) is 0 Å². The van der Waals surface area contributed by atoms with Gasteiger partial charge in [0.25, 0.3) is 0 Å². The monoisotopic (exact) mass is 334 g/mol. The van der Waals surface area contributed by atoms with E-state index in [0.717, 1.165) is 18.8 Å². The van der Waals surface area contributed by atoms with Crippen LogP contribution in [0.25, 0.3) is 0 Å². The van der Waals surface area contributed by atoms with Crippen molar-refractivity contribution < 1.29 is 21.1 Å². The van der Waals surface area contributed by atoms with Crippen LogP contribution in [0.3, 0.4) is 0 Å². The maximum atomic E-state index is 5.55. The predicted molar refractivity (Wildman–Crippen MR) is 68.5 cm³/mol. The zero-order chi connectivity index (χ0) is 12.1. The van der Waals surface area contributed by atoms with Gasteiger partial charge in [0.15, 0.2) is 0 Å². The Labute approximate surface area is 116 Å². The molecule has 0 atom stereocenters. The Bertz CT molecular complexity index is 229. The summed E-state index contributed by atoms with van der Waals surface area (Å²) >= 11 is 4.25. The van der Waals surface area contributed by atoms with E-state index in [0.29, 0.717) is 0 Å². The number of benzene rings is 1. The molecular weight excluding hydrogens is 317 g/mol. The molecule has 0 fully saturated rings. The molecule has 16 heavy (non-hydrogen) atoms. The molecule has 0 unspecified atom stereocenters. The van der Waals surface area contributed by atoms with Crippen LogP contribution >= 0.6 is 13.6 Å². The SMILES string of the molecule is CCCCCCCOc1c[c-]ccc1.[Zn+][Br]. The fourth-order valence-corrected chi connectivity index (χ4v) is 1.36. The van der Waals surface area contributed by atoms with E-state index in [-0.39, 0.29) is 0 Å². The van der Waals surface area contributed by atoms with E-state index < -0.39 is 0 Å². The molecule has 86 valence electrons. The predicted octanol–water partition coefficient (Wildman–Crippen LogP) is 4.68. The number of halogens is 1. The van der Waals surface area contributed by atoms with Crippen LogP contribution in [0, 0.1) is 6.07 Å². The normalized spacial score (nSPS) is 9.25. The van der Waals surface area contributed by atoms with E-state index in [1.807, 2.05) is 24.3 Å². The van der Waals surface area contributed by atoms with Gasteiger partial charge < -0.3 is 4.74 Å². The van der Waals surface area contributed by atoms with Crippen molar-refractivity contribution in [3.8, 4) is 5.75 Å². The molecule has 0 bridgehead atoms. The van der Waals surface area contributed by atoms with Gasteiger partial charge in [-0.25, -0.2) is 0 Å². The zero-order valence-electron chi connectivity index (χ0n) is 10.0. The first kappa shape index (κ1) is 16.1. The van der Waals surface area contributed by atoms with Gasteiger partial charge in [-0.3, -0.25) is 0 Å². The third-order valence-corrected chi connectivity index (χ3v) is 2.20. The Balaban J connectivity index is 0.00000106. The third kappa shape index (κ3) is 9.36. The van der Waals surface area contributed by atoms with Crippen molar-refractivity contribution in [3.05, 3.63) is 30.3 Å². The van der Waals surface area contributed by atoms with Crippen LogP contribution in [0.4, 0.5) is 0 Å². The molecule has 0 radical (unpaired) electrons. The molecule has 0 spiro atoms. The quantitative estimate of drug-likeness (QED) is 0.399. The fraction of sp³-hybridized carbons (Fsp3) is 0.538. The molecule has 0 heterocycles. The van der Waals surface area contributed by atoms with E-state index in [1.165, 1.54) is 42.0 Å². The molecule has 0 N–H and O–H groups in total. The number of hydrogen-bond acceptors (Lipinski definition) is 1. The first-order chi connectivity index (χ1) is 7.93. The Morgan fingerprint density at radius 1 is 1.25 bits per heavy atom. The van der Waals surface area contributed by atoms with Crippen LogP contribution in [0.5, 0.6) is 5.75 Å². The molecular formula is C13H19BrOZn. The van der Waals surface area contributed by atoms with E-state index >= 15 is 0 Å². The van der Waals surface area contributed by atoms with Gasteiger partial charge >= 0.3 is 30.0 Å². The molecule has 0 aromatic heterocycles. The van der Waals surface area contributed by atoms with Crippen molar-refractivity contribution >= 4 is 13.6 Å². The van der Waals surface area contributed by atoms with Crippen molar-refractivity contribution in [2.24, 2.45) is 0 Å². The molecule has 0 aliphatic carbocycles. The summed E-state index contributed by atoms with van der Waals surface area (Å²) < 4.78 is 5.55. The van der Waals surface area contributed by atoms with Crippen molar-refractivity contribution in [1.82, 2.24) is 0 Å². The summed E-state index contributed by atoms with van der Waals surface area (Å²) in [5.74, 6) is 0.933. The summed E-state index contributed by atoms with van der Waals surface area (Å²) in [7, 11) is 0. The molecule has 3 heteroatoms. The maximum absolute atomic E-state index is 5.55. The number of hydrogen-bond donors (Lipinski definition) is 0. The van der Waals surface area contributed by atoms with Gasteiger partial charge in [0.2, 0.25) is 0 Å². The summed E-state index contributed by atoms with van der Waals surface area (Å²) in [5.41, 5.74) is 0. The van der Waals surface area contributed by atoms with Gasteiger partial charge in [-0.15, -0.1) is 12.1 Å². The first-order valence-electron chi connectivity index (χ1n) is 5.79. The Morgan fingerprint density at radius 2 is 2.00 bits per heavy atom. The van der Waals surface area contributed by atoms with Crippen LogP contribution < -0.4 is 4.74 Å². The number of ether oxygens (including phenoxy) is 1. The van der Waals surface area contributed by atoms with Gasteiger partial charge in [-0.2, -0.15) is 18.2 Å². The minimum absolute atomic E-state index is 0.835. The molecule has 0 aliphatic heterocycles. The van der Waals surface area contributed by atoms with Crippen molar-refractivity contribution in [2.75, 3.05) is 6.61 Å². The van der Waals surface area contributed by atoms with Gasteiger partial charge in [0, 0.05) is 5.75 Å². The van der Waals surface area contributed by atoms with Crippen LogP contribution in [0.15, 0.2) is 24.3 Å². The summed E-state index contributed by atoms with van der Waals surface area (Å²) in [6, 6.07) is 10.7. The topological polar surface area (TPSA) is 9.23 Å². The van der Waals surface area contributed by atoms with Crippen LogP contribution in [0.1, 0.15) is 39.0 Å². The summed E-state index contributed by atoms with van der Waals surface area (Å²) in [6.07, 6.45) is 6.42. The van der Waals surface area contributed by atoms with Crippen LogP contribution in [-0.4, -0.2) is 6.61 Å². The zero-order valence-corrected chi connectivity index (χ0v) is 14.6. The average molecular weight is 337 g/mol. The molecule has 1 aromatic carbocycles. The first-order valence-corrected chi connectivity index (χ1v) is 12.7. The van der Waals surface area contributed by atoms with Crippen molar-refractivity contribution in [1.29, 1.82) is 0 Å². The average Bonchev–Trinajstić information content (AvgIpc) is 2.37. The van der Waals surface area contributed by atoms with E-state index in [9.17, 15) is 0 Å². The number of unbranched alkanes of at least 4 members (excludes halogenated alkanes) is 4. The molecule has 0 aliphatic rings.